The van der Waals surface area contributed by atoms with Gasteiger partial charge in [-0.25, -0.2) is 0 Å². The largest absolute Gasteiger partial charge is 0.392 e. The SMILES string of the molecule is O=C1CCC2C=C(CO)C12. The molecule has 0 heterocycles. The summed E-state index contributed by atoms with van der Waals surface area (Å²) in [5, 5.41) is 8.73. The summed E-state index contributed by atoms with van der Waals surface area (Å²) in [5.74, 6) is 0.927. The highest BCUT2D eigenvalue weighted by atomic mass is 16.3. The fourth-order valence-electron chi connectivity index (χ4n) is 1.94. The van der Waals surface area contributed by atoms with Crippen molar-refractivity contribution in [2.45, 2.75) is 12.8 Å². The minimum Gasteiger partial charge on any atom is -0.392 e. The molecule has 0 bridgehead atoms. The first-order valence-electron chi connectivity index (χ1n) is 3.67. The van der Waals surface area contributed by atoms with Crippen LogP contribution in [0.5, 0.6) is 0 Å². The molecule has 0 aromatic carbocycles. The van der Waals surface area contributed by atoms with Gasteiger partial charge in [0.15, 0.2) is 0 Å². The van der Waals surface area contributed by atoms with E-state index in [9.17, 15) is 4.79 Å². The molecule has 0 saturated heterocycles. The second-order valence-electron chi connectivity index (χ2n) is 3.05. The Morgan fingerprint density at radius 1 is 1.70 bits per heavy atom. The third kappa shape index (κ3) is 0.598. The van der Waals surface area contributed by atoms with Gasteiger partial charge in [0, 0.05) is 12.3 Å². The van der Waals surface area contributed by atoms with Crippen molar-refractivity contribution in [1.29, 1.82) is 0 Å². The Morgan fingerprint density at radius 2 is 2.50 bits per heavy atom. The molecule has 1 fully saturated rings. The van der Waals surface area contributed by atoms with Crippen LogP contribution in [0.15, 0.2) is 11.6 Å². The van der Waals surface area contributed by atoms with E-state index < -0.39 is 0 Å². The number of Topliss-reactive ketones (excluding diaryl/α,β-unsaturated/α-hetero) is 1. The molecule has 2 heteroatoms. The number of hydrogen-bond acceptors (Lipinski definition) is 2. The first kappa shape index (κ1) is 6.10. The summed E-state index contributed by atoms with van der Waals surface area (Å²) in [5.41, 5.74) is 0.951. The van der Waals surface area contributed by atoms with Gasteiger partial charge >= 0.3 is 0 Å². The van der Waals surface area contributed by atoms with Crippen LogP contribution in [0, 0.1) is 11.8 Å². The fourth-order valence-corrected chi connectivity index (χ4v) is 1.94. The molecule has 0 aliphatic heterocycles. The normalized spacial score (nSPS) is 36.9. The van der Waals surface area contributed by atoms with Crippen molar-refractivity contribution in [2.75, 3.05) is 6.61 Å². The van der Waals surface area contributed by atoms with Crippen molar-refractivity contribution in [2.24, 2.45) is 11.8 Å². The lowest BCUT2D eigenvalue weighted by atomic mass is 9.77. The van der Waals surface area contributed by atoms with Crippen molar-refractivity contribution in [3.05, 3.63) is 11.6 Å². The average molecular weight is 138 g/mol. The van der Waals surface area contributed by atoms with Crippen LogP contribution in [0.25, 0.3) is 0 Å². The number of aliphatic hydroxyl groups is 1. The molecular formula is C8H10O2. The van der Waals surface area contributed by atoms with E-state index in [4.69, 9.17) is 5.11 Å². The molecule has 1 saturated carbocycles. The highest BCUT2D eigenvalue weighted by molar-refractivity contribution is 5.88. The fraction of sp³-hybridized carbons (Fsp3) is 0.625. The molecule has 1 N–H and O–H groups in total. The summed E-state index contributed by atoms with van der Waals surface area (Å²) in [7, 11) is 0. The number of fused-ring (bicyclic) bond motifs is 1. The van der Waals surface area contributed by atoms with Crippen molar-refractivity contribution in [1.82, 2.24) is 0 Å². The van der Waals surface area contributed by atoms with Crippen molar-refractivity contribution in [3.63, 3.8) is 0 Å². The van der Waals surface area contributed by atoms with Crippen molar-refractivity contribution < 1.29 is 9.90 Å². The molecule has 54 valence electrons. The highest BCUT2D eigenvalue weighted by Gasteiger charge is 2.41. The van der Waals surface area contributed by atoms with Crippen LogP contribution >= 0.6 is 0 Å². The number of carbonyl (C=O) groups is 1. The average Bonchev–Trinajstić information content (AvgIpc) is 2.09. The van der Waals surface area contributed by atoms with Gasteiger partial charge in [-0.05, 0) is 17.9 Å². The van der Waals surface area contributed by atoms with E-state index in [1.807, 2.05) is 6.08 Å². The topological polar surface area (TPSA) is 37.3 Å². The van der Waals surface area contributed by atoms with E-state index in [-0.39, 0.29) is 12.5 Å². The van der Waals surface area contributed by atoms with Gasteiger partial charge in [0.05, 0.1) is 6.61 Å². The second kappa shape index (κ2) is 1.92. The van der Waals surface area contributed by atoms with Crippen LogP contribution in [0.1, 0.15) is 12.8 Å². The van der Waals surface area contributed by atoms with Crippen LogP contribution < -0.4 is 0 Å². The van der Waals surface area contributed by atoms with Gasteiger partial charge in [0.25, 0.3) is 0 Å². The maximum Gasteiger partial charge on any atom is 0.140 e. The smallest absolute Gasteiger partial charge is 0.140 e. The summed E-state index contributed by atoms with van der Waals surface area (Å²) in [4.78, 5) is 11.1. The van der Waals surface area contributed by atoms with Gasteiger partial charge in [-0.3, -0.25) is 4.79 Å². The maximum absolute atomic E-state index is 11.1. The molecule has 0 amide bonds. The molecule has 2 aliphatic carbocycles. The number of allylic oxidation sites excluding steroid dienone is 1. The summed E-state index contributed by atoms with van der Waals surface area (Å²) in [6.45, 7) is 0.0763. The quantitative estimate of drug-likeness (QED) is 0.536. The standard InChI is InChI=1S/C8H10O2/c9-4-6-3-5-1-2-7(10)8(5)6/h3,5,8-9H,1-2,4H2. The third-order valence-electron chi connectivity index (χ3n) is 2.51. The Bertz CT molecular complexity index is 205. The molecule has 0 aromatic heterocycles. The van der Waals surface area contributed by atoms with E-state index in [0.717, 1.165) is 18.4 Å². The zero-order valence-corrected chi connectivity index (χ0v) is 5.71. The summed E-state index contributed by atoms with van der Waals surface area (Å²) < 4.78 is 0. The number of rotatable bonds is 1. The summed E-state index contributed by atoms with van der Waals surface area (Å²) in [6, 6.07) is 0. The molecule has 2 nitrogen and oxygen atoms in total. The van der Waals surface area contributed by atoms with E-state index in [0.29, 0.717) is 11.7 Å². The lowest BCUT2D eigenvalue weighted by Crippen LogP contribution is -2.26. The summed E-state index contributed by atoms with van der Waals surface area (Å²) >= 11 is 0. The van der Waals surface area contributed by atoms with Gasteiger partial charge in [0.1, 0.15) is 5.78 Å². The first-order valence-corrected chi connectivity index (χ1v) is 3.67. The second-order valence-corrected chi connectivity index (χ2v) is 3.05. The Balaban J connectivity index is 2.19. The molecule has 0 radical (unpaired) electrons. The van der Waals surface area contributed by atoms with E-state index in [1.165, 1.54) is 0 Å². The molecule has 0 spiro atoms. The van der Waals surface area contributed by atoms with Gasteiger partial charge in [-0.2, -0.15) is 0 Å². The molecule has 2 aliphatic rings. The van der Waals surface area contributed by atoms with E-state index in [1.54, 1.807) is 0 Å². The minimum atomic E-state index is 0.0763. The van der Waals surface area contributed by atoms with Gasteiger partial charge < -0.3 is 5.11 Å². The number of aliphatic hydroxyl groups excluding tert-OH is 1. The molecule has 2 unspecified atom stereocenters. The Hall–Kier alpha value is -0.630. The van der Waals surface area contributed by atoms with Crippen LogP contribution in [0.3, 0.4) is 0 Å². The minimum absolute atomic E-state index is 0.0763. The maximum atomic E-state index is 11.1. The van der Waals surface area contributed by atoms with Crippen molar-refractivity contribution in [3.8, 4) is 0 Å². The molecule has 2 atom stereocenters. The van der Waals surface area contributed by atoms with Crippen LogP contribution in [0.2, 0.25) is 0 Å². The molecule has 2 rings (SSSR count). The van der Waals surface area contributed by atoms with E-state index in [2.05, 4.69) is 0 Å². The van der Waals surface area contributed by atoms with E-state index >= 15 is 0 Å². The van der Waals surface area contributed by atoms with Crippen LogP contribution in [0.4, 0.5) is 0 Å². The van der Waals surface area contributed by atoms with Crippen LogP contribution in [-0.2, 0) is 4.79 Å². The lowest BCUT2D eigenvalue weighted by Gasteiger charge is -2.27. The predicted octanol–water partition coefficient (Wildman–Crippen LogP) is 0.514. The highest BCUT2D eigenvalue weighted by Crippen LogP contribution is 2.43. The van der Waals surface area contributed by atoms with Crippen LogP contribution in [-0.4, -0.2) is 17.5 Å². The van der Waals surface area contributed by atoms with Gasteiger partial charge in [-0.1, -0.05) is 6.08 Å². The molecule has 10 heavy (non-hydrogen) atoms. The molecule has 0 aromatic rings. The Labute approximate surface area is 59.5 Å². The van der Waals surface area contributed by atoms with Gasteiger partial charge in [-0.15, -0.1) is 0 Å². The molecular weight excluding hydrogens is 128 g/mol. The number of carbonyl (C=O) groups excluding carboxylic acids is 1. The summed E-state index contributed by atoms with van der Waals surface area (Å²) in [6.07, 6.45) is 3.76. The number of hydrogen-bond donors (Lipinski definition) is 1. The first-order chi connectivity index (χ1) is 4.83. The monoisotopic (exact) mass is 138 g/mol. The Morgan fingerprint density at radius 3 is 3.10 bits per heavy atom. The van der Waals surface area contributed by atoms with Gasteiger partial charge in [0.2, 0.25) is 0 Å². The zero-order valence-electron chi connectivity index (χ0n) is 5.71. The number of ketones is 1. The third-order valence-corrected chi connectivity index (χ3v) is 2.51. The predicted molar refractivity (Wildman–Crippen MR) is 36.4 cm³/mol. The Kier molecular flexibility index (Phi) is 1.17. The lowest BCUT2D eigenvalue weighted by molar-refractivity contribution is -0.120. The zero-order chi connectivity index (χ0) is 7.14. The van der Waals surface area contributed by atoms with Crippen molar-refractivity contribution >= 4 is 5.78 Å².